The van der Waals surface area contributed by atoms with Crippen LogP contribution in [0.5, 0.6) is 0 Å². The Morgan fingerprint density at radius 2 is 2.10 bits per heavy atom. The summed E-state index contributed by atoms with van der Waals surface area (Å²) in [6.07, 6.45) is 7.05. The number of nitrogens with zero attached hydrogens (tertiary/aromatic N) is 4. The van der Waals surface area contributed by atoms with E-state index in [0.29, 0.717) is 20.8 Å². The molecule has 0 N–H and O–H groups in total. The van der Waals surface area contributed by atoms with Crippen molar-refractivity contribution in [1.29, 1.82) is 0 Å². The molecule has 0 bridgehead atoms. The Hall–Kier alpha value is -2.52. The van der Waals surface area contributed by atoms with Crippen molar-refractivity contribution >= 4 is 51.1 Å². The molecule has 7 nitrogen and oxygen atoms in total. The number of aryl methyl sites for hydroxylation is 1. The van der Waals surface area contributed by atoms with Crippen molar-refractivity contribution in [2.45, 2.75) is 45.1 Å². The lowest BCUT2D eigenvalue weighted by Gasteiger charge is -2.30. The molecular formula is C20H20N4O3S2. The van der Waals surface area contributed by atoms with Gasteiger partial charge in [0.2, 0.25) is 5.13 Å². The number of carbonyl (C=O) groups excluding carboxylic acids is 1. The highest BCUT2D eigenvalue weighted by molar-refractivity contribution is 8.18. The third kappa shape index (κ3) is 4.40. The normalized spacial score (nSPS) is 20.7. The zero-order valence-electron chi connectivity index (χ0n) is 15.9. The largest absolute Gasteiger partial charge is 0.283 e. The Morgan fingerprint density at radius 3 is 2.79 bits per heavy atom. The third-order valence-electron chi connectivity index (χ3n) is 4.95. The minimum atomic E-state index is -0.433. The van der Waals surface area contributed by atoms with E-state index in [2.05, 4.69) is 9.98 Å². The molecule has 4 rings (SSSR count). The maximum Gasteiger partial charge on any atom is 0.270 e. The molecular weight excluding hydrogens is 408 g/mol. The summed E-state index contributed by atoms with van der Waals surface area (Å²) in [5.41, 5.74) is 1.54. The van der Waals surface area contributed by atoms with Crippen LogP contribution in [0.25, 0.3) is 6.08 Å². The number of nitro benzene ring substituents is 1. The molecule has 29 heavy (non-hydrogen) atoms. The maximum absolute atomic E-state index is 13.2. The number of amidine groups is 1. The first-order chi connectivity index (χ1) is 14.0. The molecule has 1 aliphatic carbocycles. The predicted molar refractivity (Wildman–Crippen MR) is 116 cm³/mol. The van der Waals surface area contributed by atoms with Gasteiger partial charge in [-0.1, -0.05) is 31.4 Å². The molecule has 1 saturated carbocycles. The first-order valence-corrected chi connectivity index (χ1v) is 11.2. The predicted octanol–water partition coefficient (Wildman–Crippen LogP) is 5.30. The number of non-ortho nitro benzene ring substituents is 1. The highest BCUT2D eigenvalue weighted by atomic mass is 32.2. The summed E-state index contributed by atoms with van der Waals surface area (Å²) < 4.78 is 0. The smallest absolute Gasteiger partial charge is 0.270 e. The van der Waals surface area contributed by atoms with Gasteiger partial charge in [-0.25, -0.2) is 4.98 Å². The van der Waals surface area contributed by atoms with Gasteiger partial charge in [0.05, 0.1) is 15.5 Å². The Kier molecular flexibility index (Phi) is 5.77. The number of benzene rings is 1. The van der Waals surface area contributed by atoms with E-state index in [9.17, 15) is 14.9 Å². The van der Waals surface area contributed by atoms with E-state index in [4.69, 9.17) is 0 Å². The van der Waals surface area contributed by atoms with Crippen LogP contribution in [0.3, 0.4) is 0 Å². The van der Waals surface area contributed by atoms with Crippen molar-refractivity contribution in [2.75, 3.05) is 0 Å². The molecule has 9 heteroatoms. The molecule has 0 spiro atoms. The average Bonchev–Trinajstić information content (AvgIpc) is 3.25. The van der Waals surface area contributed by atoms with Crippen LogP contribution in [0.4, 0.5) is 10.8 Å². The second-order valence-corrected chi connectivity index (χ2v) is 8.94. The highest BCUT2D eigenvalue weighted by Gasteiger charge is 2.38. The van der Waals surface area contributed by atoms with Crippen molar-refractivity contribution in [3.63, 3.8) is 0 Å². The van der Waals surface area contributed by atoms with Crippen LogP contribution in [-0.2, 0) is 4.79 Å². The highest BCUT2D eigenvalue weighted by Crippen LogP contribution is 2.39. The second-order valence-electron chi connectivity index (χ2n) is 7.10. The quantitative estimate of drug-likeness (QED) is 0.375. The second kappa shape index (κ2) is 8.46. The zero-order chi connectivity index (χ0) is 20.4. The molecule has 2 fully saturated rings. The van der Waals surface area contributed by atoms with Gasteiger partial charge < -0.3 is 0 Å². The number of carbonyl (C=O) groups is 1. The number of nitro groups is 1. The summed E-state index contributed by atoms with van der Waals surface area (Å²) in [5, 5.41) is 14.3. The van der Waals surface area contributed by atoms with Gasteiger partial charge in [0, 0.05) is 23.6 Å². The molecule has 1 aromatic carbocycles. The number of thioether (sulfide) groups is 1. The third-order valence-corrected chi connectivity index (χ3v) is 6.79. The van der Waals surface area contributed by atoms with Crippen LogP contribution in [0, 0.1) is 17.0 Å². The molecule has 1 saturated heterocycles. The summed E-state index contributed by atoms with van der Waals surface area (Å²) in [6.45, 7) is 1.92. The number of amides is 1. The number of aliphatic imine (C=N–C) groups is 1. The number of hydrogen-bond acceptors (Lipinski definition) is 7. The maximum atomic E-state index is 13.2. The van der Waals surface area contributed by atoms with E-state index >= 15 is 0 Å². The summed E-state index contributed by atoms with van der Waals surface area (Å²) in [5.74, 6) is -0.0829. The van der Waals surface area contributed by atoms with Gasteiger partial charge in [-0.3, -0.25) is 19.8 Å². The summed E-state index contributed by atoms with van der Waals surface area (Å²) in [4.78, 5) is 35.3. The van der Waals surface area contributed by atoms with Crippen LogP contribution in [-0.4, -0.2) is 31.9 Å². The standard InChI is InChI=1S/C20H20N4O3S2/c1-13-12-28-19(21-13)22-20-23(15-7-3-2-4-8-15)18(25)17(29-20)11-14-6-5-9-16(10-14)24(26)27/h5-6,9-12,15H,2-4,7-8H2,1H3/b17-11-,22-20+. The van der Waals surface area contributed by atoms with E-state index in [1.165, 1.54) is 41.7 Å². The van der Waals surface area contributed by atoms with Gasteiger partial charge in [0.25, 0.3) is 11.6 Å². The molecule has 2 aliphatic rings. The number of hydrogen-bond donors (Lipinski definition) is 0. The Bertz CT molecular complexity index is 1010. The summed E-state index contributed by atoms with van der Waals surface area (Å²) >= 11 is 2.77. The molecule has 1 amide bonds. The molecule has 2 aromatic rings. The van der Waals surface area contributed by atoms with Crippen LogP contribution in [0.1, 0.15) is 43.4 Å². The minimum Gasteiger partial charge on any atom is -0.283 e. The number of thiazole rings is 1. The van der Waals surface area contributed by atoms with Crippen molar-refractivity contribution in [2.24, 2.45) is 4.99 Å². The Labute approximate surface area is 176 Å². The zero-order valence-corrected chi connectivity index (χ0v) is 17.5. The molecule has 0 radical (unpaired) electrons. The van der Waals surface area contributed by atoms with Gasteiger partial charge in [-0.2, -0.15) is 4.99 Å². The monoisotopic (exact) mass is 428 g/mol. The lowest BCUT2D eigenvalue weighted by Crippen LogP contribution is -2.40. The van der Waals surface area contributed by atoms with E-state index in [0.717, 1.165) is 31.4 Å². The Balaban J connectivity index is 1.69. The number of aromatic nitrogens is 1. The first-order valence-electron chi connectivity index (χ1n) is 9.49. The van der Waals surface area contributed by atoms with E-state index in [-0.39, 0.29) is 17.6 Å². The van der Waals surface area contributed by atoms with Crippen LogP contribution in [0.2, 0.25) is 0 Å². The van der Waals surface area contributed by atoms with Gasteiger partial charge in [-0.15, -0.1) is 11.3 Å². The van der Waals surface area contributed by atoms with Crippen molar-refractivity contribution < 1.29 is 9.72 Å². The van der Waals surface area contributed by atoms with Crippen molar-refractivity contribution in [1.82, 2.24) is 9.88 Å². The number of rotatable bonds is 4. The fourth-order valence-electron chi connectivity index (χ4n) is 3.58. The molecule has 2 heterocycles. The van der Waals surface area contributed by atoms with Crippen molar-refractivity contribution in [3.05, 3.63) is 55.9 Å². The van der Waals surface area contributed by atoms with Gasteiger partial charge in [0.15, 0.2) is 5.17 Å². The topological polar surface area (TPSA) is 88.7 Å². The van der Waals surface area contributed by atoms with E-state index < -0.39 is 4.92 Å². The molecule has 0 atom stereocenters. The van der Waals surface area contributed by atoms with Crippen LogP contribution >= 0.6 is 23.1 Å². The summed E-state index contributed by atoms with van der Waals surface area (Å²) in [7, 11) is 0. The van der Waals surface area contributed by atoms with Crippen molar-refractivity contribution in [3.8, 4) is 0 Å². The lowest BCUT2D eigenvalue weighted by molar-refractivity contribution is -0.384. The average molecular weight is 429 g/mol. The minimum absolute atomic E-state index is 0.00563. The van der Waals surface area contributed by atoms with Crippen LogP contribution in [0.15, 0.2) is 39.5 Å². The molecule has 150 valence electrons. The lowest BCUT2D eigenvalue weighted by atomic mass is 9.94. The van der Waals surface area contributed by atoms with E-state index in [1.54, 1.807) is 18.2 Å². The van der Waals surface area contributed by atoms with Gasteiger partial charge >= 0.3 is 0 Å². The molecule has 0 unspecified atom stereocenters. The van der Waals surface area contributed by atoms with E-state index in [1.807, 2.05) is 17.2 Å². The SMILES string of the molecule is Cc1csc(/N=C2/S/C(=C\c3cccc([N+](=O)[O-])c3)C(=O)N2C2CCCCC2)n1. The summed E-state index contributed by atoms with van der Waals surface area (Å²) in [6, 6.07) is 6.45. The Morgan fingerprint density at radius 1 is 1.31 bits per heavy atom. The molecule has 1 aliphatic heterocycles. The molecule has 1 aromatic heterocycles. The van der Waals surface area contributed by atoms with Crippen LogP contribution < -0.4 is 0 Å². The van der Waals surface area contributed by atoms with Gasteiger partial charge in [0.1, 0.15) is 0 Å². The fraction of sp³-hybridized carbons (Fsp3) is 0.350. The van der Waals surface area contributed by atoms with Gasteiger partial charge in [-0.05, 0) is 43.2 Å². The fourth-order valence-corrected chi connectivity index (χ4v) is 5.34. The first kappa shape index (κ1) is 19.8.